The predicted octanol–water partition coefficient (Wildman–Crippen LogP) is 4.17. The lowest BCUT2D eigenvalue weighted by Crippen LogP contribution is -2.45. The van der Waals surface area contributed by atoms with Crippen LogP contribution >= 0.6 is 11.6 Å². The molecule has 0 aromatic heterocycles. The molecule has 23 heavy (non-hydrogen) atoms. The maximum absolute atomic E-state index is 12.5. The molecule has 1 saturated heterocycles. The van der Waals surface area contributed by atoms with E-state index in [9.17, 15) is 4.79 Å². The van der Waals surface area contributed by atoms with Gasteiger partial charge >= 0.3 is 0 Å². The number of amides is 1. The van der Waals surface area contributed by atoms with Gasteiger partial charge < -0.3 is 5.32 Å². The minimum absolute atomic E-state index is 0.185. The van der Waals surface area contributed by atoms with Crippen molar-refractivity contribution in [1.29, 1.82) is 0 Å². The molecule has 0 bridgehead atoms. The number of carbonyl (C=O) groups excluding carboxylic acids is 1. The zero-order chi connectivity index (χ0) is 16.2. The van der Waals surface area contributed by atoms with Crippen molar-refractivity contribution >= 4 is 17.5 Å². The van der Waals surface area contributed by atoms with Gasteiger partial charge in [-0.1, -0.05) is 43.5 Å². The summed E-state index contributed by atoms with van der Waals surface area (Å²) >= 11 is 5.98. The van der Waals surface area contributed by atoms with Crippen LogP contribution < -0.4 is 5.32 Å². The fourth-order valence-corrected chi connectivity index (χ4v) is 4.17. The second-order valence-corrected chi connectivity index (χ2v) is 7.55. The van der Waals surface area contributed by atoms with E-state index in [2.05, 4.69) is 29.3 Å². The first-order valence-corrected chi connectivity index (χ1v) is 9.30. The Morgan fingerprint density at radius 2 is 1.91 bits per heavy atom. The number of hydrogen-bond donors (Lipinski definition) is 1. The van der Waals surface area contributed by atoms with Gasteiger partial charge in [0.1, 0.15) is 0 Å². The van der Waals surface area contributed by atoms with Gasteiger partial charge in [0.2, 0.25) is 5.91 Å². The number of hydrogen-bond acceptors (Lipinski definition) is 2. The predicted molar refractivity (Wildman–Crippen MR) is 94.6 cm³/mol. The number of carbonyl (C=O) groups is 1. The van der Waals surface area contributed by atoms with Crippen LogP contribution in [0.3, 0.4) is 0 Å². The molecular formula is C19H27ClN2O. The van der Waals surface area contributed by atoms with Crippen molar-refractivity contribution in [2.45, 2.75) is 57.5 Å². The molecule has 1 saturated carbocycles. The summed E-state index contributed by atoms with van der Waals surface area (Å²) in [6, 6.07) is 8.78. The maximum atomic E-state index is 12.5. The van der Waals surface area contributed by atoms with E-state index in [4.69, 9.17) is 11.6 Å². The Kier molecular flexibility index (Phi) is 5.60. The summed E-state index contributed by atoms with van der Waals surface area (Å²) in [7, 11) is 0. The molecule has 1 N–H and O–H groups in total. The second-order valence-electron chi connectivity index (χ2n) is 7.12. The van der Waals surface area contributed by atoms with Crippen LogP contribution in [-0.4, -0.2) is 29.9 Å². The van der Waals surface area contributed by atoms with Crippen molar-refractivity contribution in [3.05, 3.63) is 34.9 Å². The molecule has 3 nitrogen and oxygen atoms in total. The van der Waals surface area contributed by atoms with Gasteiger partial charge in [0.15, 0.2) is 0 Å². The van der Waals surface area contributed by atoms with Crippen LogP contribution in [0.25, 0.3) is 0 Å². The number of rotatable bonds is 4. The minimum Gasteiger partial charge on any atom is -0.352 e. The number of benzene rings is 1. The lowest BCUT2D eigenvalue weighted by Gasteiger charge is -2.31. The van der Waals surface area contributed by atoms with Gasteiger partial charge in [-0.15, -0.1) is 0 Å². The van der Waals surface area contributed by atoms with Crippen LogP contribution in [0.5, 0.6) is 0 Å². The summed E-state index contributed by atoms with van der Waals surface area (Å²) in [6.45, 7) is 3.77. The molecule has 1 amide bonds. The largest absolute Gasteiger partial charge is 0.352 e. The SMILES string of the molecule is C[C@@H]1CCCC[C@@H]1NC(=O)CN1CCC[C@H]1c1ccc(Cl)cc1. The van der Waals surface area contributed by atoms with E-state index < -0.39 is 0 Å². The van der Waals surface area contributed by atoms with Crippen LogP contribution in [0.4, 0.5) is 0 Å². The third-order valence-electron chi connectivity index (χ3n) is 5.42. The molecule has 4 heteroatoms. The Bertz CT molecular complexity index is 531. The van der Waals surface area contributed by atoms with Crippen molar-refractivity contribution in [3.63, 3.8) is 0 Å². The topological polar surface area (TPSA) is 32.3 Å². The van der Waals surface area contributed by atoms with Crippen molar-refractivity contribution in [2.24, 2.45) is 5.92 Å². The van der Waals surface area contributed by atoms with Crippen molar-refractivity contribution < 1.29 is 4.79 Å². The molecule has 0 spiro atoms. The van der Waals surface area contributed by atoms with Crippen LogP contribution in [0.2, 0.25) is 5.02 Å². The van der Waals surface area contributed by atoms with Crippen LogP contribution in [0, 0.1) is 5.92 Å². The fraction of sp³-hybridized carbons (Fsp3) is 0.632. The average molecular weight is 335 g/mol. The molecule has 1 heterocycles. The van der Waals surface area contributed by atoms with E-state index in [0.29, 0.717) is 24.5 Å². The molecule has 1 aliphatic carbocycles. The van der Waals surface area contributed by atoms with E-state index in [-0.39, 0.29) is 5.91 Å². The van der Waals surface area contributed by atoms with Gasteiger partial charge in [-0.05, 0) is 55.8 Å². The van der Waals surface area contributed by atoms with E-state index >= 15 is 0 Å². The average Bonchev–Trinajstić information content (AvgIpc) is 2.98. The molecule has 3 rings (SSSR count). The third kappa shape index (κ3) is 4.27. The van der Waals surface area contributed by atoms with Crippen LogP contribution in [-0.2, 0) is 4.79 Å². The lowest BCUT2D eigenvalue weighted by molar-refractivity contribution is -0.123. The number of nitrogens with one attached hydrogen (secondary N) is 1. The second kappa shape index (κ2) is 7.67. The van der Waals surface area contributed by atoms with Gasteiger partial charge in [0, 0.05) is 17.1 Å². The number of nitrogens with zero attached hydrogens (tertiary/aromatic N) is 1. The number of likely N-dealkylation sites (tertiary alicyclic amines) is 1. The van der Waals surface area contributed by atoms with Crippen molar-refractivity contribution in [1.82, 2.24) is 10.2 Å². The third-order valence-corrected chi connectivity index (χ3v) is 5.67. The van der Waals surface area contributed by atoms with Crippen molar-refractivity contribution in [2.75, 3.05) is 13.1 Å². The first kappa shape index (κ1) is 16.8. The van der Waals surface area contributed by atoms with E-state index in [1.54, 1.807) is 0 Å². The summed E-state index contributed by atoms with van der Waals surface area (Å²) in [4.78, 5) is 14.8. The summed E-state index contributed by atoms with van der Waals surface area (Å²) in [5.41, 5.74) is 1.27. The molecule has 126 valence electrons. The Morgan fingerprint density at radius 3 is 2.65 bits per heavy atom. The molecule has 1 aromatic carbocycles. The monoisotopic (exact) mass is 334 g/mol. The van der Waals surface area contributed by atoms with E-state index in [0.717, 1.165) is 30.8 Å². The maximum Gasteiger partial charge on any atom is 0.234 e. The Hall–Kier alpha value is -1.06. The summed E-state index contributed by atoms with van der Waals surface area (Å²) in [5, 5.41) is 4.04. The Labute approximate surface area is 144 Å². The van der Waals surface area contributed by atoms with Crippen LogP contribution in [0.15, 0.2) is 24.3 Å². The molecule has 1 aromatic rings. The molecule has 0 unspecified atom stereocenters. The minimum atomic E-state index is 0.185. The Balaban J connectivity index is 1.57. The summed E-state index contributed by atoms with van der Waals surface area (Å²) in [5.74, 6) is 0.794. The molecule has 0 radical (unpaired) electrons. The van der Waals surface area contributed by atoms with Gasteiger partial charge in [-0.3, -0.25) is 9.69 Å². The molecule has 2 fully saturated rings. The highest BCUT2D eigenvalue weighted by molar-refractivity contribution is 6.30. The molecular weight excluding hydrogens is 308 g/mol. The normalized spacial score (nSPS) is 28.7. The summed E-state index contributed by atoms with van der Waals surface area (Å²) in [6.07, 6.45) is 7.19. The fourth-order valence-electron chi connectivity index (χ4n) is 4.05. The highest BCUT2D eigenvalue weighted by atomic mass is 35.5. The standard InChI is InChI=1S/C19H27ClN2O/c1-14-5-2-3-6-17(14)21-19(23)13-22-12-4-7-18(22)15-8-10-16(20)11-9-15/h8-11,14,17-18H,2-7,12-13H2,1H3,(H,21,23)/t14-,17+,18+/m1/s1. The quantitative estimate of drug-likeness (QED) is 0.896. The van der Waals surface area contributed by atoms with Gasteiger partial charge in [-0.25, -0.2) is 0 Å². The molecule has 3 atom stereocenters. The first-order valence-electron chi connectivity index (χ1n) is 8.92. The lowest BCUT2D eigenvalue weighted by atomic mass is 9.86. The van der Waals surface area contributed by atoms with E-state index in [1.807, 2.05) is 12.1 Å². The van der Waals surface area contributed by atoms with Crippen LogP contribution in [0.1, 0.15) is 57.1 Å². The van der Waals surface area contributed by atoms with Gasteiger partial charge in [-0.2, -0.15) is 0 Å². The highest BCUT2D eigenvalue weighted by Crippen LogP contribution is 2.32. The Morgan fingerprint density at radius 1 is 1.17 bits per heavy atom. The molecule has 1 aliphatic heterocycles. The van der Waals surface area contributed by atoms with E-state index in [1.165, 1.54) is 24.8 Å². The first-order chi connectivity index (χ1) is 11.1. The summed E-state index contributed by atoms with van der Waals surface area (Å²) < 4.78 is 0. The van der Waals surface area contributed by atoms with Gasteiger partial charge in [0.05, 0.1) is 6.54 Å². The zero-order valence-electron chi connectivity index (χ0n) is 13.9. The van der Waals surface area contributed by atoms with Gasteiger partial charge in [0.25, 0.3) is 0 Å². The van der Waals surface area contributed by atoms with Crippen molar-refractivity contribution in [3.8, 4) is 0 Å². The molecule has 2 aliphatic rings. The number of halogens is 1. The highest BCUT2D eigenvalue weighted by Gasteiger charge is 2.29. The zero-order valence-corrected chi connectivity index (χ0v) is 14.7. The smallest absolute Gasteiger partial charge is 0.234 e.